The fourth-order valence-electron chi connectivity index (χ4n) is 4.72. The van der Waals surface area contributed by atoms with Gasteiger partial charge in [-0.15, -0.1) is 0 Å². The number of hydrogen-bond donors (Lipinski definition) is 0. The third-order valence-electron chi connectivity index (χ3n) is 5.93. The van der Waals surface area contributed by atoms with Gasteiger partial charge in [0.25, 0.3) is 0 Å². The predicted molar refractivity (Wildman–Crippen MR) is 110 cm³/mol. The molecule has 1 nitrogen and oxygen atoms in total. The van der Waals surface area contributed by atoms with Gasteiger partial charge in [-0.1, -0.05) is 86.7 Å². The van der Waals surface area contributed by atoms with Crippen LogP contribution in [0.25, 0.3) is 0 Å². The third kappa shape index (κ3) is 4.17. The van der Waals surface area contributed by atoms with Crippen LogP contribution < -0.4 is 0 Å². The molecule has 0 aromatic heterocycles. The van der Waals surface area contributed by atoms with Crippen molar-refractivity contribution < 1.29 is 4.74 Å². The topological polar surface area (TPSA) is 9.23 Å². The van der Waals surface area contributed by atoms with Crippen molar-refractivity contribution >= 4 is 8.07 Å². The van der Waals surface area contributed by atoms with Gasteiger partial charge >= 0.3 is 0 Å². The molecular weight excluding hydrogens is 320 g/mol. The van der Waals surface area contributed by atoms with Gasteiger partial charge in [-0.25, -0.2) is 0 Å². The van der Waals surface area contributed by atoms with E-state index in [9.17, 15) is 0 Å². The summed E-state index contributed by atoms with van der Waals surface area (Å²) in [5, 5.41) is 1.78. The summed E-state index contributed by atoms with van der Waals surface area (Å²) in [5.74, 6) is 0.602. The number of rotatable bonds is 4. The van der Waals surface area contributed by atoms with Gasteiger partial charge in [0.1, 0.15) is 0 Å². The molecule has 2 atom stereocenters. The first kappa shape index (κ1) is 18.7. The summed E-state index contributed by atoms with van der Waals surface area (Å²) in [6.45, 7) is 13.1. The quantitative estimate of drug-likeness (QED) is 0.441. The minimum absolute atomic E-state index is 0.226. The normalized spacial score (nSPS) is 30.4. The minimum atomic E-state index is -1.30. The maximum absolute atomic E-state index is 6.59. The molecular formula is C23H34OSi. The Morgan fingerprint density at radius 1 is 1.08 bits per heavy atom. The average molecular weight is 355 g/mol. The van der Waals surface area contributed by atoms with Crippen molar-refractivity contribution in [3.63, 3.8) is 0 Å². The van der Waals surface area contributed by atoms with Crippen LogP contribution >= 0.6 is 0 Å². The van der Waals surface area contributed by atoms with E-state index in [0.717, 1.165) is 6.61 Å². The van der Waals surface area contributed by atoms with Crippen molar-refractivity contribution in [3.05, 3.63) is 58.8 Å². The molecule has 2 aliphatic carbocycles. The Hall–Kier alpha value is -1.12. The molecule has 0 unspecified atom stereocenters. The van der Waals surface area contributed by atoms with Gasteiger partial charge in [0, 0.05) is 5.92 Å². The fraction of sp³-hybridized carbons (Fsp3) is 0.565. The zero-order valence-corrected chi connectivity index (χ0v) is 17.6. The van der Waals surface area contributed by atoms with Crippen molar-refractivity contribution in [3.8, 4) is 0 Å². The molecule has 136 valence electrons. The van der Waals surface area contributed by atoms with Crippen molar-refractivity contribution in [2.45, 2.75) is 71.9 Å². The van der Waals surface area contributed by atoms with Gasteiger partial charge in [0.05, 0.1) is 20.8 Å². The standard InChI is InChI=1S/C23H34OSi/c1-23(2)16-20-19(14-10-7-11-15-21(20)25(3,4)5)22(23)24-17-18-12-8-6-9-13-18/h6-9,11-13,19,22H,10,14-17H2,1-5H3/b11-7-,21-20+/t19-,22+/m0/s1. The molecule has 0 aliphatic heterocycles. The molecule has 0 bridgehead atoms. The van der Waals surface area contributed by atoms with Crippen LogP contribution in [-0.4, -0.2) is 14.2 Å². The van der Waals surface area contributed by atoms with Crippen LogP contribution in [0, 0.1) is 11.3 Å². The number of hydrogen-bond acceptors (Lipinski definition) is 1. The summed E-state index contributed by atoms with van der Waals surface area (Å²) in [6.07, 6.45) is 9.96. The molecule has 25 heavy (non-hydrogen) atoms. The second-order valence-electron chi connectivity index (χ2n) is 9.50. The van der Waals surface area contributed by atoms with Crippen molar-refractivity contribution in [2.75, 3.05) is 0 Å². The Morgan fingerprint density at radius 2 is 1.80 bits per heavy atom. The number of ether oxygens (including phenoxy) is 1. The fourth-order valence-corrected chi connectivity index (χ4v) is 6.69. The zero-order chi connectivity index (χ0) is 18.1. The van der Waals surface area contributed by atoms with Crippen LogP contribution in [0.3, 0.4) is 0 Å². The van der Waals surface area contributed by atoms with E-state index in [1.165, 1.54) is 31.2 Å². The minimum Gasteiger partial charge on any atom is -0.372 e. The monoisotopic (exact) mass is 354 g/mol. The average Bonchev–Trinajstić information content (AvgIpc) is 2.75. The summed E-state index contributed by atoms with van der Waals surface area (Å²) in [5.41, 5.74) is 3.27. The Bertz CT molecular complexity index is 648. The van der Waals surface area contributed by atoms with Gasteiger partial charge in [0.2, 0.25) is 0 Å². The maximum atomic E-state index is 6.59. The van der Waals surface area contributed by atoms with Crippen LogP contribution in [0.15, 0.2) is 53.3 Å². The van der Waals surface area contributed by atoms with Crippen LogP contribution in [0.4, 0.5) is 0 Å². The summed E-state index contributed by atoms with van der Waals surface area (Å²) in [4.78, 5) is 0. The molecule has 0 heterocycles. The molecule has 1 fully saturated rings. The summed E-state index contributed by atoms with van der Waals surface area (Å²) in [7, 11) is -1.30. The first-order valence-corrected chi connectivity index (χ1v) is 13.3. The molecule has 0 N–H and O–H groups in total. The van der Waals surface area contributed by atoms with Gasteiger partial charge in [0.15, 0.2) is 0 Å². The zero-order valence-electron chi connectivity index (χ0n) is 16.6. The van der Waals surface area contributed by atoms with Gasteiger partial charge < -0.3 is 4.74 Å². The highest BCUT2D eigenvalue weighted by atomic mass is 28.3. The highest BCUT2D eigenvalue weighted by Gasteiger charge is 2.47. The van der Waals surface area contributed by atoms with Crippen molar-refractivity contribution in [2.24, 2.45) is 11.3 Å². The van der Waals surface area contributed by atoms with E-state index < -0.39 is 8.07 Å². The predicted octanol–water partition coefficient (Wildman–Crippen LogP) is 6.53. The van der Waals surface area contributed by atoms with Crippen molar-refractivity contribution in [1.29, 1.82) is 0 Å². The van der Waals surface area contributed by atoms with Gasteiger partial charge in [-0.2, -0.15) is 0 Å². The molecule has 0 radical (unpaired) electrons. The highest BCUT2D eigenvalue weighted by Crippen LogP contribution is 2.51. The van der Waals surface area contributed by atoms with Crippen molar-refractivity contribution in [1.82, 2.24) is 0 Å². The van der Waals surface area contributed by atoms with Crippen LogP contribution in [0.1, 0.15) is 45.1 Å². The lowest BCUT2D eigenvalue weighted by Crippen LogP contribution is -2.32. The third-order valence-corrected chi connectivity index (χ3v) is 8.26. The van der Waals surface area contributed by atoms with Gasteiger partial charge in [-0.05, 0) is 36.7 Å². The Kier molecular flexibility index (Phi) is 5.41. The van der Waals surface area contributed by atoms with E-state index in [1.807, 2.05) is 0 Å². The Morgan fingerprint density at radius 3 is 2.48 bits per heavy atom. The smallest absolute Gasteiger partial charge is 0.0728 e. The molecule has 1 saturated carbocycles. The van der Waals surface area contributed by atoms with Crippen LogP contribution in [0.2, 0.25) is 19.6 Å². The Labute approximate surface area is 155 Å². The molecule has 0 amide bonds. The molecule has 2 heteroatoms. The lowest BCUT2D eigenvalue weighted by atomic mass is 9.85. The maximum Gasteiger partial charge on any atom is 0.0728 e. The van der Waals surface area contributed by atoms with E-state index in [-0.39, 0.29) is 5.41 Å². The number of allylic oxidation sites excluding steroid dienone is 3. The Balaban J connectivity index is 1.89. The molecule has 1 aromatic rings. The molecule has 1 aromatic carbocycles. The van der Waals surface area contributed by atoms with Crippen LogP contribution in [0.5, 0.6) is 0 Å². The van der Waals surface area contributed by atoms with E-state index in [0.29, 0.717) is 12.0 Å². The lowest BCUT2D eigenvalue weighted by Gasteiger charge is -2.31. The molecule has 3 rings (SSSR count). The number of benzene rings is 1. The van der Waals surface area contributed by atoms with E-state index in [1.54, 1.807) is 10.8 Å². The molecule has 0 saturated heterocycles. The van der Waals surface area contributed by atoms with E-state index in [2.05, 4.69) is 76.0 Å². The highest BCUT2D eigenvalue weighted by molar-refractivity contribution is 6.83. The summed E-state index contributed by atoms with van der Waals surface area (Å²) >= 11 is 0. The second kappa shape index (κ2) is 7.24. The second-order valence-corrected chi connectivity index (χ2v) is 14.6. The van der Waals surface area contributed by atoms with Crippen LogP contribution in [-0.2, 0) is 11.3 Å². The summed E-state index contributed by atoms with van der Waals surface area (Å²) < 4.78 is 6.59. The lowest BCUT2D eigenvalue weighted by molar-refractivity contribution is -0.0405. The first-order valence-electron chi connectivity index (χ1n) is 9.82. The SMILES string of the molecule is CC1(C)C/C2=C(\[Si](C)(C)C)C/C=C\CC[C@@H]2[C@H]1OCc1ccccc1. The molecule has 0 spiro atoms. The van der Waals surface area contributed by atoms with Gasteiger partial charge in [-0.3, -0.25) is 0 Å². The largest absolute Gasteiger partial charge is 0.372 e. The first-order chi connectivity index (χ1) is 11.8. The van der Waals surface area contributed by atoms with E-state index >= 15 is 0 Å². The summed E-state index contributed by atoms with van der Waals surface area (Å²) in [6, 6.07) is 10.6. The molecule has 2 aliphatic rings. The number of fused-ring (bicyclic) bond motifs is 1. The van der Waals surface area contributed by atoms with E-state index in [4.69, 9.17) is 4.74 Å².